The Kier molecular flexibility index (Phi) is 3.16. The molecule has 0 saturated heterocycles. The zero-order chi connectivity index (χ0) is 14.5. The van der Waals surface area contributed by atoms with Crippen molar-refractivity contribution < 1.29 is 4.79 Å². The molecule has 0 aliphatic heterocycles. The molecule has 0 aromatic heterocycles. The minimum atomic E-state index is 0.0162. The monoisotopic (exact) mass is 289 g/mol. The second kappa shape index (κ2) is 4.52. The number of thiol groups is 1. The third kappa shape index (κ3) is 1.98. The fraction of sp³-hybridized carbons (Fsp3) is 0.588. The molecule has 3 rings (SSSR count). The first-order valence-electron chi connectivity index (χ1n) is 7.43. The third-order valence-electron chi connectivity index (χ3n) is 5.69. The molecule has 2 aliphatic carbocycles. The molecule has 1 aromatic rings. The topological polar surface area (TPSA) is 29.1 Å². The normalized spacial score (nSPS) is 34.2. The van der Waals surface area contributed by atoms with E-state index in [9.17, 15) is 4.79 Å². The van der Waals surface area contributed by atoms with Gasteiger partial charge in [0.1, 0.15) is 0 Å². The molecule has 3 heteroatoms. The molecule has 2 bridgehead atoms. The number of nitrogens with one attached hydrogen (secondary N) is 1. The quantitative estimate of drug-likeness (QED) is 0.794. The highest BCUT2D eigenvalue weighted by molar-refractivity contribution is 7.80. The zero-order valence-corrected chi connectivity index (χ0v) is 13.3. The van der Waals surface area contributed by atoms with Crippen molar-refractivity contribution in [1.82, 2.24) is 5.32 Å². The van der Waals surface area contributed by atoms with Gasteiger partial charge in [-0.2, -0.15) is 0 Å². The molecule has 1 amide bonds. The summed E-state index contributed by atoms with van der Waals surface area (Å²) in [5, 5.41) is 3.31. The van der Waals surface area contributed by atoms with Crippen molar-refractivity contribution >= 4 is 18.5 Å². The van der Waals surface area contributed by atoms with Crippen molar-refractivity contribution in [3.8, 4) is 0 Å². The van der Waals surface area contributed by atoms with Crippen LogP contribution in [0.4, 0.5) is 0 Å². The van der Waals surface area contributed by atoms with Crippen LogP contribution in [-0.2, 0) is 0 Å². The van der Waals surface area contributed by atoms with E-state index in [0.29, 0.717) is 5.56 Å². The summed E-state index contributed by atoms with van der Waals surface area (Å²) >= 11 is 4.39. The number of hydrogen-bond acceptors (Lipinski definition) is 2. The van der Waals surface area contributed by atoms with Gasteiger partial charge in [0.25, 0.3) is 5.91 Å². The molecule has 3 unspecified atom stereocenters. The lowest BCUT2D eigenvalue weighted by Gasteiger charge is -2.43. The van der Waals surface area contributed by atoms with Gasteiger partial charge in [0.15, 0.2) is 0 Å². The lowest BCUT2D eigenvalue weighted by Crippen LogP contribution is -2.52. The predicted molar refractivity (Wildman–Crippen MR) is 84.2 cm³/mol. The molecule has 0 spiro atoms. The van der Waals surface area contributed by atoms with Crippen LogP contribution in [0, 0.1) is 16.7 Å². The molecule has 20 heavy (non-hydrogen) atoms. The average Bonchev–Trinajstić information content (AvgIpc) is 2.86. The number of benzene rings is 1. The molecule has 0 heterocycles. The summed E-state index contributed by atoms with van der Waals surface area (Å²) in [6, 6.07) is 7.77. The Hall–Kier alpha value is -0.960. The maximum atomic E-state index is 12.6. The second-order valence-corrected chi connectivity index (χ2v) is 7.82. The average molecular weight is 289 g/mol. The summed E-state index contributed by atoms with van der Waals surface area (Å²) in [6.07, 6.45) is 3.78. The highest BCUT2D eigenvalue weighted by atomic mass is 32.1. The Morgan fingerprint density at radius 3 is 2.60 bits per heavy atom. The third-order valence-corrected chi connectivity index (χ3v) is 6.08. The molecule has 3 atom stereocenters. The van der Waals surface area contributed by atoms with Crippen molar-refractivity contribution in [2.75, 3.05) is 0 Å². The van der Waals surface area contributed by atoms with Gasteiger partial charge in [-0.1, -0.05) is 32.9 Å². The Labute approximate surface area is 126 Å². The molecule has 1 aromatic carbocycles. The molecule has 0 radical (unpaired) electrons. The van der Waals surface area contributed by atoms with Crippen LogP contribution in [0.25, 0.3) is 0 Å². The Morgan fingerprint density at radius 2 is 2.00 bits per heavy atom. The van der Waals surface area contributed by atoms with E-state index in [-0.39, 0.29) is 22.8 Å². The largest absolute Gasteiger partial charge is 0.348 e. The van der Waals surface area contributed by atoms with Gasteiger partial charge in [0.05, 0.1) is 5.56 Å². The summed E-state index contributed by atoms with van der Waals surface area (Å²) in [5.41, 5.74) is 1.13. The minimum absolute atomic E-state index is 0.0162. The maximum absolute atomic E-state index is 12.6. The first-order valence-corrected chi connectivity index (χ1v) is 7.88. The Balaban J connectivity index is 1.85. The van der Waals surface area contributed by atoms with Crippen molar-refractivity contribution in [1.29, 1.82) is 0 Å². The summed E-state index contributed by atoms with van der Waals surface area (Å²) in [6.45, 7) is 6.94. The van der Waals surface area contributed by atoms with Crippen LogP contribution < -0.4 is 5.32 Å². The predicted octanol–water partition coefficient (Wildman–Crippen LogP) is 3.92. The second-order valence-electron chi connectivity index (χ2n) is 7.34. The van der Waals surface area contributed by atoms with Gasteiger partial charge >= 0.3 is 0 Å². The Bertz CT molecular complexity index is 549. The minimum Gasteiger partial charge on any atom is -0.348 e. The fourth-order valence-corrected chi connectivity index (χ4v) is 4.80. The van der Waals surface area contributed by atoms with Crippen LogP contribution in [0.3, 0.4) is 0 Å². The summed E-state index contributed by atoms with van der Waals surface area (Å²) in [7, 11) is 0. The smallest absolute Gasteiger partial charge is 0.252 e. The van der Waals surface area contributed by atoms with E-state index in [2.05, 4.69) is 38.7 Å². The molecule has 2 fully saturated rings. The number of carbonyl (C=O) groups is 1. The SMILES string of the molecule is CC12CCC(C1)C(C)(C)C2NC(=O)c1ccccc1S. The van der Waals surface area contributed by atoms with Gasteiger partial charge in [-0.15, -0.1) is 12.6 Å². The zero-order valence-electron chi connectivity index (χ0n) is 12.4. The van der Waals surface area contributed by atoms with Gasteiger partial charge in [0.2, 0.25) is 0 Å². The molecular formula is C17H23NOS. The van der Waals surface area contributed by atoms with Crippen molar-refractivity contribution in [3.05, 3.63) is 29.8 Å². The highest BCUT2D eigenvalue weighted by Crippen LogP contribution is 2.62. The van der Waals surface area contributed by atoms with Gasteiger partial charge in [-0.3, -0.25) is 4.79 Å². The molecule has 108 valence electrons. The Morgan fingerprint density at radius 1 is 1.30 bits per heavy atom. The highest BCUT2D eigenvalue weighted by Gasteiger charge is 2.59. The summed E-state index contributed by atoms with van der Waals surface area (Å²) < 4.78 is 0. The van der Waals surface area contributed by atoms with Crippen LogP contribution >= 0.6 is 12.6 Å². The van der Waals surface area contributed by atoms with Crippen LogP contribution in [0.2, 0.25) is 0 Å². The van der Waals surface area contributed by atoms with E-state index >= 15 is 0 Å². The number of amides is 1. The van der Waals surface area contributed by atoms with Crippen molar-refractivity contribution in [2.45, 2.75) is 51.0 Å². The van der Waals surface area contributed by atoms with E-state index in [1.54, 1.807) is 0 Å². The standard InChI is InChI=1S/C17H23NOS/c1-16(2)11-8-9-17(3,10-11)15(16)18-14(19)12-6-4-5-7-13(12)20/h4-7,11,15,20H,8-10H2,1-3H3,(H,18,19). The first-order chi connectivity index (χ1) is 9.34. The maximum Gasteiger partial charge on any atom is 0.252 e. The van der Waals surface area contributed by atoms with E-state index in [0.717, 1.165) is 10.8 Å². The van der Waals surface area contributed by atoms with Crippen LogP contribution in [0.1, 0.15) is 50.4 Å². The summed E-state index contributed by atoms with van der Waals surface area (Å²) in [4.78, 5) is 13.3. The van der Waals surface area contributed by atoms with Gasteiger partial charge in [-0.25, -0.2) is 0 Å². The lowest BCUT2D eigenvalue weighted by atomic mass is 9.68. The number of rotatable bonds is 2. The van der Waals surface area contributed by atoms with Crippen LogP contribution in [0.15, 0.2) is 29.2 Å². The molecule has 2 nitrogen and oxygen atoms in total. The van der Waals surface area contributed by atoms with E-state index in [4.69, 9.17) is 0 Å². The molecular weight excluding hydrogens is 266 g/mol. The number of hydrogen-bond donors (Lipinski definition) is 2. The number of fused-ring (bicyclic) bond motifs is 2. The number of carbonyl (C=O) groups excluding carboxylic acids is 1. The van der Waals surface area contributed by atoms with Gasteiger partial charge in [-0.05, 0) is 48.1 Å². The van der Waals surface area contributed by atoms with Crippen LogP contribution in [0.5, 0.6) is 0 Å². The summed E-state index contributed by atoms with van der Waals surface area (Å²) in [5.74, 6) is 0.756. The van der Waals surface area contributed by atoms with E-state index in [1.807, 2.05) is 24.3 Å². The van der Waals surface area contributed by atoms with Gasteiger partial charge < -0.3 is 5.32 Å². The van der Waals surface area contributed by atoms with Gasteiger partial charge in [0, 0.05) is 10.9 Å². The molecule has 2 aliphatic rings. The lowest BCUT2D eigenvalue weighted by molar-refractivity contribution is 0.0735. The first kappa shape index (κ1) is 14.0. The van der Waals surface area contributed by atoms with E-state index < -0.39 is 0 Å². The van der Waals surface area contributed by atoms with Crippen LogP contribution in [-0.4, -0.2) is 11.9 Å². The van der Waals surface area contributed by atoms with Crippen molar-refractivity contribution in [3.63, 3.8) is 0 Å². The van der Waals surface area contributed by atoms with Crippen molar-refractivity contribution in [2.24, 2.45) is 16.7 Å². The molecule has 2 saturated carbocycles. The molecule has 1 N–H and O–H groups in total. The fourth-order valence-electron chi connectivity index (χ4n) is 4.54. The van der Waals surface area contributed by atoms with E-state index in [1.165, 1.54) is 19.3 Å².